The first-order valence-corrected chi connectivity index (χ1v) is 4.28. The lowest BCUT2D eigenvalue weighted by molar-refractivity contribution is 0.0902. The van der Waals surface area contributed by atoms with Gasteiger partial charge in [0.15, 0.2) is 0 Å². The maximum absolute atomic E-state index is 11.5. The summed E-state index contributed by atoms with van der Waals surface area (Å²) in [4.78, 5) is 11.5. The van der Waals surface area contributed by atoms with Gasteiger partial charge in [0.25, 0.3) is 5.91 Å². The van der Waals surface area contributed by atoms with Gasteiger partial charge in [-0.1, -0.05) is 12.1 Å². The molecule has 1 unspecified atom stereocenters. The Morgan fingerprint density at radius 1 is 1.50 bits per heavy atom. The first-order chi connectivity index (χ1) is 6.74. The summed E-state index contributed by atoms with van der Waals surface area (Å²) in [7, 11) is 0. The van der Waals surface area contributed by atoms with E-state index in [1.54, 1.807) is 24.3 Å². The van der Waals surface area contributed by atoms with Crippen molar-refractivity contribution < 1.29 is 9.90 Å². The van der Waals surface area contributed by atoms with E-state index in [-0.39, 0.29) is 12.5 Å². The molecule has 1 aliphatic rings. The summed E-state index contributed by atoms with van der Waals surface area (Å²) in [5, 5.41) is 12.9. The normalized spacial score (nSPS) is 20.3. The van der Waals surface area contributed by atoms with Crippen LogP contribution in [-0.2, 0) is 0 Å². The Hall–Kier alpha value is -1.59. The van der Waals surface area contributed by atoms with Crippen LogP contribution in [0.15, 0.2) is 24.3 Å². The van der Waals surface area contributed by atoms with Crippen molar-refractivity contribution >= 4 is 11.6 Å². The number of carbonyl (C=O) groups excluding carboxylic acids is 1. The molecular formula is C9H11N3O2. The van der Waals surface area contributed by atoms with E-state index in [2.05, 4.69) is 5.32 Å². The van der Waals surface area contributed by atoms with Crippen molar-refractivity contribution in [3.05, 3.63) is 29.8 Å². The van der Waals surface area contributed by atoms with E-state index in [0.29, 0.717) is 11.3 Å². The number of benzene rings is 1. The van der Waals surface area contributed by atoms with E-state index in [0.717, 1.165) is 0 Å². The van der Waals surface area contributed by atoms with Gasteiger partial charge in [-0.3, -0.25) is 9.80 Å². The highest BCUT2D eigenvalue weighted by molar-refractivity contribution is 6.01. The number of carbonyl (C=O) groups is 1. The molecule has 5 heteroatoms. The lowest BCUT2D eigenvalue weighted by Gasteiger charge is -2.34. The van der Waals surface area contributed by atoms with Crippen molar-refractivity contribution in [2.24, 2.45) is 5.84 Å². The maximum Gasteiger partial charge on any atom is 0.255 e. The third-order valence-electron chi connectivity index (χ3n) is 2.23. The minimum absolute atomic E-state index is 0.207. The van der Waals surface area contributed by atoms with Crippen molar-refractivity contribution in [1.29, 1.82) is 0 Å². The summed E-state index contributed by atoms with van der Waals surface area (Å²) in [6, 6.07) is 7.01. The number of anilines is 1. The molecule has 0 saturated heterocycles. The Morgan fingerprint density at radius 3 is 2.93 bits per heavy atom. The first-order valence-electron chi connectivity index (χ1n) is 4.28. The molecule has 1 atom stereocenters. The number of fused-ring (bicyclic) bond motifs is 1. The highest BCUT2D eigenvalue weighted by Crippen LogP contribution is 2.22. The van der Waals surface area contributed by atoms with Crippen molar-refractivity contribution in [3.8, 4) is 0 Å². The van der Waals surface area contributed by atoms with Gasteiger partial charge in [0.05, 0.1) is 17.9 Å². The van der Waals surface area contributed by atoms with Crippen LogP contribution in [0.1, 0.15) is 10.4 Å². The summed E-state index contributed by atoms with van der Waals surface area (Å²) in [6.07, 6.45) is -0.544. The average Bonchev–Trinajstić information content (AvgIpc) is 2.23. The molecule has 74 valence electrons. The van der Waals surface area contributed by atoms with Gasteiger partial charge in [-0.15, -0.1) is 0 Å². The van der Waals surface area contributed by atoms with Crippen LogP contribution in [0.2, 0.25) is 0 Å². The summed E-state index contributed by atoms with van der Waals surface area (Å²) < 4.78 is 0. The van der Waals surface area contributed by atoms with Crippen LogP contribution >= 0.6 is 0 Å². The van der Waals surface area contributed by atoms with Gasteiger partial charge < -0.3 is 10.4 Å². The highest BCUT2D eigenvalue weighted by Gasteiger charge is 2.27. The molecule has 0 aliphatic carbocycles. The Kier molecular flexibility index (Phi) is 2.11. The fourth-order valence-corrected chi connectivity index (χ4v) is 1.49. The standard InChI is InChI=1S/C9H11N3O2/c10-12-7-4-2-1-3-6(7)9(14)11-8(12)5-13/h1-4,8,13H,5,10H2,(H,11,14). The quantitative estimate of drug-likeness (QED) is 0.522. The molecule has 0 radical (unpaired) electrons. The zero-order valence-electron chi connectivity index (χ0n) is 7.47. The lowest BCUT2D eigenvalue weighted by Crippen LogP contribution is -2.57. The van der Waals surface area contributed by atoms with E-state index in [1.165, 1.54) is 5.01 Å². The average molecular weight is 193 g/mol. The van der Waals surface area contributed by atoms with Crippen LogP contribution in [0.3, 0.4) is 0 Å². The predicted molar refractivity (Wildman–Crippen MR) is 51.4 cm³/mol. The molecule has 1 heterocycles. The number of nitrogens with zero attached hydrogens (tertiary/aromatic N) is 1. The largest absolute Gasteiger partial charge is 0.392 e. The second kappa shape index (κ2) is 3.28. The van der Waals surface area contributed by atoms with Crippen LogP contribution in [0.25, 0.3) is 0 Å². The molecule has 1 aromatic carbocycles. The van der Waals surface area contributed by atoms with Gasteiger partial charge in [-0.05, 0) is 12.1 Å². The smallest absolute Gasteiger partial charge is 0.255 e. The number of para-hydroxylation sites is 1. The topological polar surface area (TPSA) is 78.6 Å². The van der Waals surface area contributed by atoms with Crippen LogP contribution < -0.4 is 16.2 Å². The fourth-order valence-electron chi connectivity index (χ4n) is 1.49. The Bertz CT molecular complexity index is 367. The Labute approximate surface area is 81.1 Å². The molecular weight excluding hydrogens is 182 g/mol. The van der Waals surface area contributed by atoms with Gasteiger partial charge in [-0.2, -0.15) is 0 Å². The number of nitrogens with two attached hydrogens (primary N) is 1. The van der Waals surface area contributed by atoms with E-state index in [9.17, 15) is 4.79 Å². The summed E-state index contributed by atoms with van der Waals surface area (Å²) >= 11 is 0. The third-order valence-corrected chi connectivity index (χ3v) is 2.23. The number of amides is 1. The first kappa shape index (κ1) is 8.98. The molecule has 0 aromatic heterocycles. The lowest BCUT2D eigenvalue weighted by atomic mass is 10.1. The molecule has 1 aliphatic heterocycles. The molecule has 0 spiro atoms. The van der Waals surface area contributed by atoms with Crippen LogP contribution in [0.4, 0.5) is 5.69 Å². The van der Waals surface area contributed by atoms with E-state index in [4.69, 9.17) is 10.9 Å². The van der Waals surface area contributed by atoms with E-state index in [1.807, 2.05) is 0 Å². The molecule has 5 nitrogen and oxygen atoms in total. The number of rotatable bonds is 1. The summed E-state index contributed by atoms with van der Waals surface area (Å²) in [5.74, 6) is 5.51. The van der Waals surface area contributed by atoms with E-state index < -0.39 is 6.17 Å². The SMILES string of the molecule is NN1c2ccccc2C(=O)NC1CO. The number of hydrazine groups is 1. The summed E-state index contributed by atoms with van der Waals surface area (Å²) in [5.41, 5.74) is 1.16. The van der Waals surface area contributed by atoms with Gasteiger partial charge in [0.2, 0.25) is 0 Å². The third kappa shape index (κ3) is 1.23. The van der Waals surface area contributed by atoms with E-state index >= 15 is 0 Å². The second-order valence-corrected chi connectivity index (χ2v) is 3.10. The van der Waals surface area contributed by atoms with Crippen molar-refractivity contribution in [3.63, 3.8) is 0 Å². The van der Waals surface area contributed by atoms with Crippen LogP contribution in [0.5, 0.6) is 0 Å². The molecule has 1 aromatic rings. The van der Waals surface area contributed by atoms with Crippen molar-refractivity contribution in [1.82, 2.24) is 5.32 Å². The van der Waals surface area contributed by atoms with Crippen LogP contribution in [-0.4, -0.2) is 23.8 Å². The minimum atomic E-state index is -0.544. The Balaban J connectivity index is 2.46. The number of nitrogens with one attached hydrogen (secondary N) is 1. The molecule has 4 N–H and O–H groups in total. The zero-order chi connectivity index (χ0) is 10.1. The fraction of sp³-hybridized carbons (Fsp3) is 0.222. The van der Waals surface area contributed by atoms with Crippen molar-refractivity contribution in [2.75, 3.05) is 11.6 Å². The van der Waals surface area contributed by atoms with Crippen molar-refractivity contribution in [2.45, 2.75) is 6.17 Å². The number of aliphatic hydroxyl groups is 1. The molecule has 0 fully saturated rings. The van der Waals surface area contributed by atoms with Crippen LogP contribution in [0, 0.1) is 0 Å². The molecule has 0 bridgehead atoms. The predicted octanol–water partition coefficient (Wildman–Crippen LogP) is -0.572. The molecule has 1 amide bonds. The number of aliphatic hydroxyl groups excluding tert-OH is 1. The minimum Gasteiger partial charge on any atom is -0.392 e. The van der Waals surface area contributed by atoms with Gasteiger partial charge in [0, 0.05) is 0 Å². The Morgan fingerprint density at radius 2 is 2.21 bits per heavy atom. The van der Waals surface area contributed by atoms with Gasteiger partial charge >= 0.3 is 0 Å². The van der Waals surface area contributed by atoms with Gasteiger partial charge in [0.1, 0.15) is 6.17 Å². The highest BCUT2D eigenvalue weighted by atomic mass is 16.3. The zero-order valence-corrected chi connectivity index (χ0v) is 7.47. The second-order valence-electron chi connectivity index (χ2n) is 3.10. The monoisotopic (exact) mass is 193 g/mol. The maximum atomic E-state index is 11.5. The molecule has 14 heavy (non-hydrogen) atoms. The molecule has 0 saturated carbocycles. The van der Waals surface area contributed by atoms with Gasteiger partial charge in [-0.25, -0.2) is 5.84 Å². The number of hydrogen-bond donors (Lipinski definition) is 3. The molecule has 2 rings (SSSR count). The number of hydrogen-bond acceptors (Lipinski definition) is 4. The summed E-state index contributed by atoms with van der Waals surface area (Å²) in [6.45, 7) is -0.212.